The van der Waals surface area contributed by atoms with E-state index in [-0.39, 0.29) is 31.9 Å². The minimum Gasteiger partial charge on any atom is -0.496 e. The van der Waals surface area contributed by atoms with Gasteiger partial charge in [0.2, 0.25) is 17.8 Å². The van der Waals surface area contributed by atoms with Gasteiger partial charge in [0.15, 0.2) is 5.82 Å². The summed E-state index contributed by atoms with van der Waals surface area (Å²) >= 11 is 0. The Hall–Kier alpha value is -7.39. The zero-order valence-corrected chi connectivity index (χ0v) is 42.3. The molecule has 20 heteroatoms. The van der Waals surface area contributed by atoms with Crippen LogP contribution in [0.4, 0.5) is 22.2 Å². The maximum absolute atomic E-state index is 13.9. The van der Waals surface area contributed by atoms with Gasteiger partial charge >= 0.3 is 6.09 Å². The van der Waals surface area contributed by atoms with Gasteiger partial charge in [0.05, 0.1) is 25.2 Å². The number of anilines is 3. The normalized spacial score (nSPS) is 15.0. The van der Waals surface area contributed by atoms with Gasteiger partial charge in [-0.15, -0.1) is 0 Å². The third kappa shape index (κ3) is 15.3. The van der Waals surface area contributed by atoms with Crippen molar-refractivity contribution in [3.63, 3.8) is 0 Å². The van der Waals surface area contributed by atoms with Crippen molar-refractivity contribution in [2.75, 3.05) is 69.3 Å². The third-order valence-corrected chi connectivity index (χ3v) is 13.1. The van der Waals surface area contributed by atoms with Crippen LogP contribution < -0.4 is 37.5 Å². The Labute approximate surface area is 431 Å². The van der Waals surface area contributed by atoms with E-state index in [0.717, 1.165) is 75.6 Å². The minimum absolute atomic E-state index is 0.0133. The zero-order valence-electron chi connectivity index (χ0n) is 42.3. The van der Waals surface area contributed by atoms with E-state index in [4.69, 9.17) is 20.9 Å². The number of piperazine rings is 1. The predicted octanol–water partition coefficient (Wildman–Crippen LogP) is 4.51. The molecule has 0 bridgehead atoms. The van der Waals surface area contributed by atoms with Gasteiger partial charge in [0.25, 0.3) is 11.8 Å². The second-order valence-corrected chi connectivity index (χ2v) is 18.6. The Morgan fingerprint density at radius 3 is 2.27 bits per heavy atom. The molecular formula is C54H70N12O8. The van der Waals surface area contributed by atoms with Crippen LogP contribution in [0.1, 0.15) is 74.1 Å². The number of methoxy groups -OCH3 is 1. The molecule has 3 aromatic carbocycles. The number of unbranched alkanes of at least 4 members (excludes halogenated alkanes) is 3. The number of nitrogens with two attached hydrogens (primary N) is 2. The highest BCUT2D eigenvalue weighted by molar-refractivity contribution is 6.12. The second-order valence-electron chi connectivity index (χ2n) is 18.6. The van der Waals surface area contributed by atoms with Crippen LogP contribution in [0.15, 0.2) is 97.2 Å². The summed E-state index contributed by atoms with van der Waals surface area (Å²) in [5.74, 6) is -0.146. The first-order chi connectivity index (χ1) is 35.9. The van der Waals surface area contributed by atoms with Gasteiger partial charge in [-0.25, -0.2) is 9.78 Å². The van der Waals surface area contributed by atoms with Crippen LogP contribution in [0.25, 0.3) is 11.0 Å². The Morgan fingerprint density at radius 2 is 1.55 bits per heavy atom. The number of rotatable bonds is 27. The highest BCUT2D eigenvalue weighted by Crippen LogP contribution is 2.28. The molecule has 394 valence electrons. The van der Waals surface area contributed by atoms with Gasteiger partial charge in [-0.2, -0.15) is 4.98 Å². The van der Waals surface area contributed by atoms with E-state index in [1.165, 1.54) is 12.2 Å². The standard InChI is InChI=1S/C54H70N12O8/c1-3-4-10-25-57-50-49-42(61-53(56)62-50)22-26-65(49)35-40-17-14-39(33-45(40)73-2)34-63-28-30-64(31-29-63)54(72)74-36-38-15-18-41(19-16-38)58-51(70)43(13-8-9-24-55)60-52(71)44(32-37-11-6-5-7-12-37)59-46(67)23-27-66-47(68)20-21-48(66)69/h5-7,11-12,14-22,26,33,43-44,46,59,67H,3-4,8-10,13,23-25,27-32,34-36,55H2,1-2H3,(H,58,70)(H,60,71)(H3,56,57,61,62)/t43-,44+,46?/m1/s1. The average molecular weight is 1020 g/mol. The first-order valence-electron chi connectivity index (χ1n) is 25.5. The van der Waals surface area contributed by atoms with E-state index in [1.54, 1.807) is 36.3 Å². The number of fused-ring (bicyclic) bond motifs is 1. The topological polar surface area (TPSA) is 265 Å². The molecule has 2 aliphatic heterocycles. The fourth-order valence-electron chi connectivity index (χ4n) is 8.99. The highest BCUT2D eigenvalue weighted by atomic mass is 16.6. The molecule has 2 aromatic heterocycles. The summed E-state index contributed by atoms with van der Waals surface area (Å²) in [6.07, 6.45) is 7.69. The molecule has 74 heavy (non-hydrogen) atoms. The van der Waals surface area contributed by atoms with Crippen LogP contribution in [0.5, 0.6) is 5.75 Å². The summed E-state index contributed by atoms with van der Waals surface area (Å²) in [6.45, 7) is 7.00. The molecule has 0 spiro atoms. The number of imide groups is 1. The Bertz CT molecular complexity index is 2690. The lowest BCUT2D eigenvalue weighted by atomic mass is 10.0. The summed E-state index contributed by atoms with van der Waals surface area (Å²) in [5.41, 5.74) is 17.6. The van der Waals surface area contributed by atoms with Crippen LogP contribution in [-0.2, 0) is 50.0 Å². The van der Waals surface area contributed by atoms with Crippen molar-refractivity contribution in [1.82, 2.24) is 39.9 Å². The number of ether oxygens (including phenoxy) is 2. The van der Waals surface area contributed by atoms with E-state index >= 15 is 0 Å². The molecule has 1 saturated heterocycles. The monoisotopic (exact) mass is 1010 g/mol. The van der Waals surface area contributed by atoms with Crippen LogP contribution in [0.3, 0.4) is 0 Å². The van der Waals surface area contributed by atoms with Crippen molar-refractivity contribution in [3.8, 4) is 5.75 Å². The van der Waals surface area contributed by atoms with Crippen molar-refractivity contribution >= 4 is 58.2 Å². The van der Waals surface area contributed by atoms with E-state index < -0.39 is 48.0 Å². The van der Waals surface area contributed by atoms with E-state index in [0.29, 0.717) is 70.8 Å². The first kappa shape index (κ1) is 54.4. The number of nitrogens with zero attached hydrogens (tertiary/aromatic N) is 6. The number of nitrogen functional groups attached to an aromatic ring is 1. The molecule has 9 N–H and O–H groups in total. The maximum atomic E-state index is 13.9. The SMILES string of the molecule is CCCCCNc1nc(N)nc2ccn(Cc3ccc(CN4CCN(C(=O)OCc5ccc(NC(=O)[C@@H](CCCCN)NC(=O)[C@H](Cc6ccccc6)NC(O)CCN6C(=O)C=CC6=O)cc5)CC4)cc3OC)c12. The zero-order chi connectivity index (χ0) is 52.4. The number of nitrogens with one attached hydrogen (secondary N) is 4. The molecule has 5 amide bonds. The fourth-order valence-corrected chi connectivity index (χ4v) is 8.99. The Morgan fingerprint density at radius 1 is 0.811 bits per heavy atom. The van der Waals surface area contributed by atoms with Crippen molar-refractivity contribution in [3.05, 3.63) is 119 Å². The smallest absolute Gasteiger partial charge is 0.410 e. The summed E-state index contributed by atoms with van der Waals surface area (Å²) in [7, 11) is 1.68. The predicted molar refractivity (Wildman–Crippen MR) is 283 cm³/mol. The molecule has 20 nitrogen and oxygen atoms in total. The number of hydrogen-bond donors (Lipinski definition) is 7. The molecule has 0 radical (unpaired) electrons. The molecule has 2 aliphatic rings. The number of benzene rings is 3. The van der Waals surface area contributed by atoms with Crippen molar-refractivity contribution in [2.45, 2.75) is 96.3 Å². The van der Waals surface area contributed by atoms with Crippen molar-refractivity contribution in [2.24, 2.45) is 5.73 Å². The number of aromatic nitrogens is 3. The van der Waals surface area contributed by atoms with E-state index in [9.17, 15) is 29.1 Å². The van der Waals surface area contributed by atoms with Gasteiger partial charge in [-0.3, -0.25) is 34.3 Å². The number of aliphatic hydroxyl groups is 1. The number of aliphatic hydroxyl groups excluding tert-OH is 1. The molecule has 0 saturated carbocycles. The lowest BCUT2D eigenvalue weighted by Crippen LogP contribution is -2.54. The van der Waals surface area contributed by atoms with Crippen LogP contribution in [-0.4, -0.2) is 135 Å². The lowest BCUT2D eigenvalue weighted by Gasteiger charge is -2.34. The largest absolute Gasteiger partial charge is 0.496 e. The summed E-state index contributed by atoms with van der Waals surface area (Å²) in [4.78, 5) is 78.9. The van der Waals surface area contributed by atoms with E-state index in [1.807, 2.05) is 42.6 Å². The average Bonchev–Trinajstić information content (AvgIpc) is 3.96. The Kier molecular flexibility index (Phi) is 19.9. The van der Waals surface area contributed by atoms with Crippen LogP contribution in [0, 0.1) is 0 Å². The van der Waals surface area contributed by atoms with Gasteiger partial charge < -0.3 is 51.5 Å². The van der Waals surface area contributed by atoms with Gasteiger partial charge in [-0.05, 0) is 79.6 Å². The third-order valence-electron chi connectivity index (χ3n) is 13.1. The quantitative estimate of drug-likeness (QED) is 0.0217. The molecule has 1 fully saturated rings. The van der Waals surface area contributed by atoms with Crippen molar-refractivity contribution in [1.29, 1.82) is 0 Å². The van der Waals surface area contributed by atoms with Crippen LogP contribution >= 0.6 is 0 Å². The van der Waals surface area contributed by atoms with Gasteiger partial charge in [-0.1, -0.05) is 74.4 Å². The molecule has 1 unspecified atom stereocenters. The number of hydrogen-bond acceptors (Lipinski definition) is 15. The summed E-state index contributed by atoms with van der Waals surface area (Å²) in [6, 6.07) is 22.5. The number of carbonyl (C=O) groups is 5. The minimum atomic E-state index is -1.24. The van der Waals surface area contributed by atoms with E-state index in [2.05, 4.69) is 65.8 Å². The summed E-state index contributed by atoms with van der Waals surface area (Å²) < 4.78 is 13.7. The van der Waals surface area contributed by atoms with Crippen LogP contribution in [0.2, 0.25) is 0 Å². The molecule has 3 atom stereocenters. The van der Waals surface area contributed by atoms with Crippen molar-refractivity contribution < 1.29 is 38.6 Å². The molecule has 4 heterocycles. The number of amides is 5. The molecule has 0 aliphatic carbocycles. The fraction of sp³-hybridized carbons (Fsp3) is 0.426. The summed E-state index contributed by atoms with van der Waals surface area (Å²) in [5, 5.41) is 23.1. The first-order valence-corrected chi connectivity index (χ1v) is 25.5. The molecular weight excluding hydrogens is 945 g/mol. The highest BCUT2D eigenvalue weighted by Gasteiger charge is 2.29. The van der Waals surface area contributed by atoms with Gasteiger partial charge in [0.1, 0.15) is 30.1 Å². The lowest BCUT2D eigenvalue weighted by molar-refractivity contribution is -0.137. The number of carbonyl (C=O) groups excluding carboxylic acids is 5. The Balaban J connectivity index is 0.874. The molecule has 5 aromatic rings. The maximum Gasteiger partial charge on any atom is 0.410 e. The molecule has 7 rings (SSSR count). The van der Waals surface area contributed by atoms with Gasteiger partial charge in [0, 0.05) is 81.8 Å². The second kappa shape index (κ2) is 27.1.